The Morgan fingerprint density at radius 1 is 1.03 bits per heavy atom. The topological polar surface area (TPSA) is 84.0 Å². The van der Waals surface area contributed by atoms with Crippen LogP contribution in [0.1, 0.15) is 46.1 Å². The molecule has 8 heteroatoms. The molecule has 2 N–H and O–H groups in total. The molecule has 0 unspecified atom stereocenters. The summed E-state index contributed by atoms with van der Waals surface area (Å²) >= 11 is 7.22. The first-order valence-corrected chi connectivity index (χ1v) is 12.5. The summed E-state index contributed by atoms with van der Waals surface area (Å²) in [6.07, 6.45) is 1.68. The second-order valence-electron chi connectivity index (χ2n) is 9.79. The number of anilines is 1. The first-order chi connectivity index (χ1) is 16.1. The molecule has 180 valence electrons. The van der Waals surface area contributed by atoms with Crippen molar-refractivity contribution in [3.8, 4) is 10.6 Å². The Bertz CT molecular complexity index is 1090. The van der Waals surface area contributed by atoms with E-state index >= 15 is 0 Å². The van der Waals surface area contributed by atoms with Crippen molar-refractivity contribution < 1.29 is 9.59 Å². The van der Waals surface area contributed by atoms with E-state index in [0.717, 1.165) is 17.5 Å². The van der Waals surface area contributed by atoms with Crippen molar-refractivity contribution >= 4 is 39.9 Å². The van der Waals surface area contributed by atoms with Crippen molar-refractivity contribution in [1.29, 1.82) is 0 Å². The molecule has 0 saturated heterocycles. The molecule has 0 fully saturated rings. The molecule has 3 aromatic rings. The highest BCUT2D eigenvalue weighted by Crippen LogP contribution is 2.28. The summed E-state index contributed by atoms with van der Waals surface area (Å²) in [5.41, 5.74) is 1.97. The molecule has 1 aromatic heterocycles. The van der Waals surface area contributed by atoms with Crippen LogP contribution in [0.25, 0.3) is 10.6 Å². The van der Waals surface area contributed by atoms with E-state index in [9.17, 15) is 9.59 Å². The van der Waals surface area contributed by atoms with Crippen LogP contribution >= 0.6 is 22.9 Å². The second kappa shape index (κ2) is 11.6. The van der Waals surface area contributed by atoms with Crippen LogP contribution in [0.2, 0.25) is 5.02 Å². The molecule has 2 amide bonds. The Balaban J connectivity index is 1.69. The summed E-state index contributed by atoms with van der Waals surface area (Å²) in [4.78, 5) is 25.9. The molecular weight excluding hydrogens is 468 g/mol. The molecule has 0 aliphatic carbocycles. The zero-order chi connectivity index (χ0) is 24.7. The lowest BCUT2D eigenvalue weighted by atomic mass is 9.84. The second-order valence-corrected chi connectivity index (χ2v) is 11.2. The molecule has 0 radical (unpaired) electrons. The van der Waals surface area contributed by atoms with E-state index in [1.165, 1.54) is 11.3 Å². The van der Waals surface area contributed by atoms with Gasteiger partial charge in [-0.3, -0.25) is 14.9 Å². The molecule has 6 nitrogen and oxygen atoms in total. The number of aromatic nitrogens is 2. The number of hydrogen-bond acceptors (Lipinski definition) is 5. The van der Waals surface area contributed by atoms with E-state index in [0.29, 0.717) is 28.0 Å². The predicted molar refractivity (Wildman–Crippen MR) is 139 cm³/mol. The third-order valence-electron chi connectivity index (χ3n) is 5.18. The molecule has 2 aromatic carbocycles. The lowest BCUT2D eigenvalue weighted by molar-refractivity contribution is -0.127. The lowest BCUT2D eigenvalue weighted by Crippen LogP contribution is -2.45. The van der Waals surface area contributed by atoms with Gasteiger partial charge in [0, 0.05) is 23.4 Å². The Hall–Kier alpha value is -2.77. The maximum atomic E-state index is 13.2. The van der Waals surface area contributed by atoms with Gasteiger partial charge in [-0.25, -0.2) is 0 Å². The van der Waals surface area contributed by atoms with Crippen LogP contribution in [0, 0.1) is 11.3 Å². The fourth-order valence-electron chi connectivity index (χ4n) is 3.92. The number of hydrogen-bond donors (Lipinski definition) is 2. The van der Waals surface area contributed by atoms with E-state index in [1.54, 1.807) is 12.1 Å². The van der Waals surface area contributed by atoms with Crippen LogP contribution in [0.4, 0.5) is 5.13 Å². The molecule has 1 heterocycles. The van der Waals surface area contributed by atoms with E-state index in [2.05, 4.69) is 48.5 Å². The highest BCUT2D eigenvalue weighted by Gasteiger charge is 2.24. The molecule has 34 heavy (non-hydrogen) atoms. The average molecular weight is 499 g/mol. The van der Waals surface area contributed by atoms with E-state index < -0.39 is 6.04 Å². The quantitative estimate of drug-likeness (QED) is 0.379. The monoisotopic (exact) mass is 498 g/mol. The summed E-state index contributed by atoms with van der Waals surface area (Å²) in [6, 6.07) is 16.2. The van der Waals surface area contributed by atoms with Gasteiger partial charge in [-0.05, 0) is 35.4 Å². The minimum atomic E-state index is -0.723. The van der Waals surface area contributed by atoms with Crippen molar-refractivity contribution in [3.05, 3.63) is 65.2 Å². The third kappa shape index (κ3) is 8.22. The van der Waals surface area contributed by atoms with Crippen molar-refractivity contribution in [2.45, 2.75) is 53.0 Å². The van der Waals surface area contributed by atoms with Crippen LogP contribution in [-0.2, 0) is 16.0 Å². The highest BCUT2D eigenvalue weighted by molar-refractivity contribution is 7.18. The zero-order valence-electron chi connectivity index (χ0n) is 20.0. The fourth-order valence-corrected chi connectivity index (χ4v) is 4.80. The first kappa shape index (κ1) is 25.8. The Morgan fingerprint density at radius 2 is 1.71 bits per heavy atom. The van der Waals surface area contributed by atoms with Crippen LogP contribution < -0.4 is 10.6 Å². The smallest absolute Gasteiger partial charge is 0.249 e. The molecule has 2 atom stereocenters. The van der Waals surface area contributed by atoms with Crippen molar-refractivity contribution in [2.24, 2.45) is 11.3 Å². The largest absolute Gasteiger partial charge is 0.344 e. The minimum Gasteiger partial charge on any atom is -0.344 e. The van der Waals surface area contributed by atoms with Crippen LogP contribution in [0.3, 0.4) is 0 Å². The summed E-state index contributed by atoms with van der Waals surface area (Å²) < 4.78 is 0. The minimum absolute atomic E-state index is 0.132. The first-order valence-electron chi connectivity index (χ1n) is 11.3. The summed E-state index contributed by atoms with van der Waals surface area (Å²) in [5.74, 6) is -0.239. The SMILES string of the molecule is C[C@H](CC(=O)N[C@@H](Cc1ccccc1)C(=O)Nc1nnc(-c2ccc(Cl)cc2)s1)CC(C)(C)C. The highest BCUT2D eigenvalue weighted by atomic mass is 35.5. The average Bonchev–Trinajstić information content (AvgIpc) is 3.21. The van der Waals surface area contributed by atoms with Gasteiger partial charge in [-0.15, -0.1) is 10.2 Å². The van der Waals surface area contributed by atoms with Gasteiger partial charge >= 0.3 is 0 Å². The standard InChI is InChI=1S/C26H31ClN4O2S/c1-17(16-26(2,3)4)14-22(32)28-21(15-18-8-6-5-7-9-18)23(33)29-25-31-30-24(34-25)19-10-12-20(27)13-11-19/h5-13,17,21H,14-16H2,1-4H3,(H,28,32)(H,29,31,33)/t17-,21+/m1/s1. The molecule has 3 rings (SSSR count). The van der Waals surface area contributed by atoms with Crippen molar-refractivity contribution in [1.82, 2.24) is 15.5 Å². The van der Waals surface area contributed by atoms with Gasteiger partial charge in [-0.2, -0.15) is 0 Å². The molecule has 0 aliphatic heterocycles. The Morgan fingerprint density at radius 3 is 2.35 bits per heavy atom. The third-order valence-corrected chi connectivity index (χ3v) is 6.32. The van der Waals surface area contributed by atoms with Crippen molar-refractivity contribution in [2.75, 3.05) is 5.32 Å². The van der Waals surface area contributed by atoms with Crippen molar-refractivity contribution in [3.63, 3.8) is 0 Å². The van der Waals surface area contributed by atoms with Gasteiger partial charge in [0.15, 0.2) is 0 Å². The van der Waals surface area contributed by atoms with Gasteiger partial charge in [-0.1, -0.05) is 93.1 Å². The fraction of sp³-hybridized carbons (Fsp3) is 0.385. The van der Waals surface area contributed by atoms with Gasteiger partial charge in [0.2, 0.25) is 16.9 Å². The van der Waals surface area contributed by atoms with Gasteiger partial charge in [0.25, 0.3) is 0 Å². The number of halogens is 1. The maximum absolute atomic E-state index is 13.2. The number of carbonyl (C=O) groups is 2. The number of benzene rings is 2. The Kier molecular flexibility index (Phi) is 8.80. The maximum Gasteiger partial charge on any atom is 0.249 e. The number of carbonyl (C=O) groups excluding carboxylic acids is 2. The Labute approximate surface area is 210 Å². The molecular formula is C26H31ClN4O2S. The normalized spacial score (nSPS) is 13.2. The molecule has 0 bridgehead atoms. The van der Waals surface area contributed by atoms with Crippen LogP contribution in [0.15, 0.2) is 54.6 Å². The number of nitrogens with one attached hydrogen (secondary N) is 2. The van der Waals surface area contributed by atoms with Gasteiger partial charge in [0.05, 0.1) is 0 Å². The van der Waals surface area contributed by atoms with E-state index in [-0.39, 0.29) is 23.1 Å². The predicted octanol–water partition coefficient (Wildman–Crippen LogP) is 5.99. The zero-order valence-corrected chi connectivity index (χ0v) is 21.5. The summed E-state index contributed by atoms with van der Waals surface area (Å²) in [5, 5.41) is 15.7. The number of rotatable bonds is 9. The van der Waals surface area contributed by atoms with E-state index in [1.807, 2.05) is 42.5 Å². The number of amides is 2. The number of nitrogens with zero attached hydrogens (tertiary/aromatic N) is 2. The summed E-state index contributed by atoms with van der Waals surface area (Å²) in [7, 11) is 0. The van der Waals surface area contributed by atoms with Crippen LogP contribution in [-0.4, -0.2) is 28.1 Å². The van der Waals surface area contributed by atoms with Gasteiger partial charge < -0.3 is 5.32 Å². The molecule has 0 saturated carbocycles. The molecule has 0 spiro atoms. The van der Waals surface area contributed by atoms with Crippen LogP contribution in [0.5, 0.6) is 0 Å². The van der Waals surface area contributed by atoms with E-state index in [4.69, 9.17) is 11.6 Å². The molecule has 0 aliphatic rings. The van der Waals surface area contributed by atoms with Gasteiger partial charge in [0.1, 0.15) is 11.0 Å². The summed E-state index contributed by atoms with van der Waals surface area (Å²) in [6.45, 7) is 8.55. The lowest BCUT2D eigenvalue weighted by Gasteiger charge is -2.24.